The second-order valence-electron chi connectivity index (χ2n) is 3.26. The molecule has 1 N–H and O–H groups in total. The molecule has 0 aromatic heterocycles. The highest BCUT2D eigenvalue weighted by Crippen LogP contribution is 2.23. The Morgan fingerprint density at radius 2 is 2.19 bits per heavy atom. The van der Waals surface area contributed by atoms with Gasteiger partial charge in [-0.1, -0.05) is 19.1 Å². The summed E-state index contributed by atoms with van der Waals surface area (Å²) >= 11 is 0. The fourth-order valence-electron chi connectivity index (χ4n) is 1.14. The molecule has 1 radical (unpaired) electrons. The first-order chi connectivity index (χ1) is 7.45. The summed E-state index contributed by atoms with van der Waals surface area (Å²) in [4.78, 5) is 0. The van der Waals surface area contributed by atoms with Crippen molar-refractivity contribution in [2.75, 3.05) is 6.61 Å². The van der Waals surface area contributed by atoms with Crippen LogP contribution in [-0.2, 0) is 6.42 Å². The van der Waals surface area contributed by atoms with Crippen LogP contribution in [0.3, 0.4) is 0 Å². The lowest BCUT2D eigenvalue weighted by Gasteiger charge is -2.16. The summed E-state index contributed by atoms with van der Waals surface area (Å²) in [6.45, 7) is 1.07. The van der Waals surface area contributed by atoms with Gasteiger partial charge in [-0.3, -0.25) is 0 Å². The number of aliphatic hydroxyl groups excluding tert-OH is 1. The van der Waals surface area contributed by atoms with E-state index in [0.29, 0.717) is 12.2 Å². The molecule has 0 amide bonds. The SMILES string of the molecule is CCc1cc[c]cc1OCC(O)C(F)(F)F. The van der Waals surface area contributed by atoms with Gasteiger partial charge in [0.25, 0.3) is 0 Å². The van der Waals surface area contributed by atoms with Gasteiger partial charge in [-0.25, -0.2) is 0 Å². The van der Waals surface area contributed by atoms with Crippen LogP contribution in [0.15, 0.2) is 18.2 Å². The van der Waals surface area contributed by atoms with Crippen LogP contribution in [0.1, 0.15) is 12.5 Å². The van der Waals surface area contributed by atoms with E-state index in [1.165, 1.54) is 6.07 Å². The predicted octanol–water partition coefficient (Wildman–Crippen LogP) is 2.35. The van der Waals surface area contributed by atoms with Gasteiger partial charge in [0.15, 0.2) is 6.10 Å². The average molecular weight is 233 g/mol. The summed E-state index contributed by atoms with van der Waals surface area (Å²) in [5.41, 5.74) is 0.785. The van der Waals surface area contributed by atoms with Gasteiger partial charge in [0.1, 0.15) is 12.4 Å². The van der Waals surface area contributed by atoms with Crippen molar-refractivity contribution in [2.24, 2.45) is 0 Å². The van der Waals surface area contributed by atoms with Crippen molar-refractivity contribution >= 4 is 0 Å². The maximum absolute atomic E-state index is 12.0. The number of rotatable bonds is 4. The molecule has 0 saturated heterocycles. The first kappa shape index (κ1) is 12.8. The summed E-state index contributed by atoms with van der Waals surface area (Å²) in [6.07, 6.45) is -6.46. The van der Waals surface area contributed by atoms with E-state index in [1.54, 1.807) is 12.1 Å². The Labute approximate surface area is 91.7 Å². The number of benzene rings is 1. The Kier molecular flexibility index (Phi) is 4.18. The van der Waals surface area contributed by atoms with Gasteiger partial charge >= 0.3 is 6.18 Å². The number of alkyl halides is 3. The predicted molar refractivity (Wildman–Crippen MR) is 52.2 cm³/mol. The first-order valence-electron chi connectivity index (χ1n) is 4.81. The molecule has 2 nitrogen and oxygen atoms in total. The van der Waals surface area contributed by atoms with Crippen molar-refractivity contribution in [2.45, 2.75) is 25.6 Å². The molecule has 0 heterocycles. The number of hydrogen-bond acceptors (Lipinski definition) is 2. The van der Waals surface area contributed by atoms with Gasteiger partial charge in [0.05, 0.1) is 0 Å². The molecule has 0 aliphatic carbocycles. The molecule has 1 atom stereocenters. The molecule has 0 fully saturated rings. The van der Waals surface area contributed by atoms with E-state index in [2.05, 4.69) is 6.07 Å². The van der Waals surface area contributed by atoms with Gasteiger partial charge in [0.2, 0.25) is 0 Å². The van der Waals surface area contributed by atoms with Crippen molar-refractivity contribution in [1.29, 1.82) is 0 Å². The zero-order valence-electron chi connectivity index (χ0n) is 8.71. The largest absolute Gasteiger partial charge is 0.490 e. The fourth-order valence-corrected chi connectivity index (χ4v) is 1.14. The van der Waals surface area contributed by atoms with Crippen LogP contribution < -0.4 is 4.74 Å². The minimum Gasteiger partial charge on any atom is -0.490 e. The summed E-state index contributed by atoms with van der Waals surface area (Å²) < 4.78 is 40.9. The van der Waals surface area contributed by atoms with Gasteiger partial charge in [-0.2, -0.15) is 13.2 Å². The number of ether oxygens (including phenoxy) is 1. The van der Waals surface area contributed by atoms with Crippen LogP contribution >= 0.6 is 0 Å². The van der Waals surface area contributed by atoms with Crippen LogP contribution in [-0.4, -0.2) is 24.0 Å². The summed E-state index contributed by atoms with van der Waals surface area (Å²) in [5.74, 6) is 0.327. The van der Waals surface area contributed by atoms with Crippen molar-refractivity contribution in [3.8, 4) is 5.75 Å². The standard InChI is InChI=1S/C11H12F3O2/c1-2-8-5-3-4-6-9(8)16-7-10(15)11(12,13)14/h3,5-6,10,15H,2,7H2,1H3. The van der Waals surface area contributed by atoms with Gasteiger partial charge in [0, 0.05) is 0 Å². The molecule has 1 unspecified atom stereocenters. The number of halogens is 3. The van der Waals surface area contributed by atoms with Crippen LogP contribution in [0.2, 0.25) is 0 Å². The van der Waals surface area contributed by atoms with Gasteiger partial charge in [-0.15, -0.1) is 0 Å². The van der Waals surface area contributed by atoms with E-state index >= 15 is 0 Å². The highest BCUT2D eigenvalue weighted by Gasteiger charge is 2.38. The fraction of sp³-hybridized carbons (Fsp3) is 0.455. The summed E-state index contributed by atoms with van der Waals surface area (Å²) in [6, 6.07) is 7.55. The van der Waals surface area contributed by atoms with Gasteiger partial charge in [-0.05, 0) is 24.1 Å². The first-order valence-corrected chi connectivity index (χ1v) is 4.81. The molecule has 5 heteroatoms. The van der Waals surface area contributed by atoms with E-state index in [1.807, 2.05) is 6.92 Å². The van der Waals surface area contributed by atoms with Crippen LogP contribution in [0.25, 0.3) is 0 Å². The highest BCUT2D eigenvalue weighted by molar-refractivity contribution is 5.32. The third kappa shape index (κ3) is 3.41. The number of aryl methyl sites for hydroxylation is 1. The molecule has 0 aliphatic rings. The molecular weight excluding hydrogens is 221 g/mol. The highest BCUT2D eigenvalue weighted by atomic mass is 19.4. The Balaban J connectivity index is 2.61. The van der Waals surface area contributed by atoms with Crippen LogP contribution in [0.4, 0.5) is 13.2 Å². The maximum Gasteiger partial charge on any atom is 0.417 e. The molecule has 0 saturated carbocycles. The molecule has 1 aromatic carbocycles. The third-order valence-corrected chi connectivity index (χ3v) is 2.07. The van der Waals surface area contributed by atoms with Gasteiger partial charge < -0.3 is 9.84 Å². The molecular formula is C11H12F3O2. The normalized spacial score (nSPS) is 13.6. The molecule has 16 heavy (non-hydrogen) atoms. The topological polar surface area (TPSA) is 29.5 Å². The molecule has 89 valence electrons. The number of aliphatic hydroxyl groups is 1. The zero-order chi connectivity index (χ0) is 12.2. The van der Waals surface area contributed by atoms with E-state index in [0.717, 1.165) is 5.56 Å². The van der Waals surface area contributed by atoms with E-state index in [-0.39, 0.29) is 0 Å². The summed E-state index contributed by atoms with van der Waals surface area (Å²) in [7, 11) is 0. The molecule has 1 rings (SSSR count). The Morgan fingerprint density at radius 3 is 2.75 bits per heavy atom. The monoisotopic (exact) mass is 233 g/mol. The molecule has 0 bridgehead atoms. The van der Waals surface area contributed by atoms with Crippen LogP contribution in [0, 0.1) is 6.07 Å². The lowest BCUT2D eigenvalue weighted by molar-refractivity contribution is -0.210. The number of hydrogen-bond donors (Lipinski definition) is 1. The van der Waals surface area contributed by atoms with Crippen LogP contribution in [0.5, 0.6) is 5.75 Å². The molecule has 0 aliphatic heterocycles. The second-order valence-corrected chi connectivity index (χ2v) is 3.26. The molecule has 0 spiro atoms. The van der Waals surface area contributed by atoms with Crippen molar-refractivity contribution < 1.29 is 23.0 Å². The smallest absolute Gasteiger partial charge is 0.417 e. The maximum atomic E-state index is 12.0. The minimum atomic E-state index is -4.65. The Morgan fingerprint density at radius 1 is 1.50 bits per heavy atom. The van der Waals surface area contributed by atoms with Crippen molar-refractivity contribution in [3.05, 3.63) is 29.8 Å². The average Bonchev–Trinajstić information content (AvgIpc) is 2.24. The van der Waals surface area contributed by atoms with E-state index in [4.69, 9.17) is 9.84 Å². The van der Waals surface area contributed by atoms with Crippen molar-refractivity contribution in [3.63, 3.8) is 0 Å². The third-order valence-electron chi connectivity index (χ3n) is 2.07. The quantitative estimate of drug-likeness (QED) is 0.865. The summed E-state index contributed by atoms with van der Waals surface area (Å²) in [5, 5.41) is 8.75. The van der Waals surface area contributed by atoms with E-state index < -0.39 is 18.9 Å². The molecule has 1 aromatic rings. The van der Waals surface area contributed by atoms with E-state index in [9.17, 15) is 13.2 Å². The lowest BCUT2D eigenvalue weighted by Crippen LogP contribution is -2.34. The second kappa shape index (κ2) is 5.21. The lowest BCUT2D eigenvalue weighted by atomic mass is 10.1. The minimum absolute atomic E-state index is 0.327. The Bertz CT molecular complexity index is 336. The Hall–Kier alpha value is -1.23. The zero-order valence-corrected chi connectivity index (χ0v) is 8.71. The van der Waals surface area contributed by atoms with Crippen molar-refractivity contribution in [1.82, 2.24) is 0 Å².